The lowest BCUT2D eigenvalue weighted by atomic mass is 9.60. The lowest BCUT2D eigenvalue weighted by molar-refractivity contribution is 0.0732. The van der Waals surface area contributed by atoms with Gasteiger partial charge in [-0.3, -0.25) is 0 Å². The fourth-order valence-electron chi connectivity index (χ4n) is 6.29. The van der Waals surface area contributed by atoms with Crippen molar-refractivity contribution in [2.75, 3.05) is 7.11 Å². The van der Waals surface area contributed by atoms with E-state index in [1.807, 2.05) is 0 Å². The number of rotatable bonds is 3. The number of hydrogen-bond donors (Lipinski definition) is 0. The molecule has 0 aromatic heterocycles. The van der Waals surface area contributed by atoms with Crippen molar-refractivity contribution in [3.05, 3.63) is 29.8 Å². The molecule has 3 aliphatic rings. The quantitative estimate of drug-likeness (QED) is 0.586. The molecule has 1 heteroatoms. The summed E-state index contributed by atoms with van der Waals surface area (Å²) in [6.07, 6.45) is 14.9. The van der Waals surface area contributed by atoms with Gasteiger partial charge in [-0.2, -0.15) is 0 Å². The second kappa shape index (κ2) is 7.72. The molecule has 0 heterocycles. The number of hydrogen-bond acceptors (Lipinski definition) is 1. The van der Waals surface area contributed by atoms with E-state index in [9.17, 15) is 0 Å². The van der Waals surface area contributed by atoms with Crippen LogP contribution in [0.5, 0.6) is 5.75 Å². The summed E-state index contributed by atoms with van der Waals surface area (Å²) in [5.74, 6) is 6.93. The van der Waals surface area contributed by atoms with Gasteiger partial charge in [0.2, 0.25) is 0 Å². The van der Waals surface area contributed by atoms with Crippen LogP contribution in [0.25, 0.3) is 0 Å². The molecule has 0 amide bonds. The standard InChI is InChI=1S/C24H36O/c1-17-3-5-18(6-4-17)20-7-9-23-16-21(8-10-22(23)15-20)19-11-13-24(25-2)14-12-19/h11-14,17-18,20-23H,3-10,15-16H2,1-2H3. The zero-order chi connectivity index (χ0) is 17.2. The third kappa shape index (κ3) is 3.91. The molecule has 0 radical (unpaired) electrons. The Morgan fingerprint density at radius 1 is 0.680 bits per heavy atom. The minimum atomic E-state index is 0.791. The maximum atomic E-state index is 5.32. The number of methoxy groups -OCH3 is 1. The van der Waals surface area contributed by atoms with E-state index >= 15 is 0 Å². The Bertz CT molecular complexity index is 540. The van der Waals surface area contributed by atoms with Crippen LogP contribution in [0.15, 0.2) is 24.3 Å². The smallest absolute Gasteiger partial charge is 0.118 e. The first-order valence-corrected chi connectivity index (χ1v) is 10.9. The third-order valence-electron chi connectivity index (χ3n) is 7.97. The summed E-state index contributed by atoms with van der Waals surface area (Å²) in [4.78, 5) is 0. The number of benzene rings is 1. The first-order valence-electron chi connectivity index (χ1n) is 10.9. The van der Waals surface area contributed by atoms with Crippen LogP contribution in [0.2, 0.25) is 0 Å². The lowest BCUT2D eigenvalue weighted by Gasteiger charge is -2.45. The maximum absolute atomic E-state index is 5.32. The highest BCUT2D eigenvalue weighted by Gasteiger charge is 2.38. The zero-order valence-electron chi connectivity index (χ0n) is 16.3. The van der Waals surface area contributed by atoms with Gasteiger partial charge in [0, 0.05) is 0 Å². The van der Waals surface area contributed by atoms with Crippen molar-refractivity contribution in [1.82, 2.24) is 0 Å². The Morgan fingerprint density at radius 3 is 1.92 bits per heavy atom. The molecular weight excluding hydrogens is 304 g/mol. The molecule has 25 heavy (non-hydrogen) atoms. The van der Waals surface area contributed by atoms with Gasteiger partial charge < -0.3 is 4.74 Å². The lowest BCUT2D eigenvalue weighted by Crippen LogP contribution is -2.34. The summed E-state index contributed by atoms with van der Waals surface area (Å²) < 4.78 is 5.32. The van der Waals surface area contributed by atoms with Crippen molar-refractivity contribution in [2.24, 2.45) is 29.6 Å². The molecule has 3 aliphatic carbocycles. The van der Waals surface area contributed by atoms with E-state index in [0.29, 0.717) is 0 Å². The van der Waals surface area contributed by atoms with E-state index in [0.717, 1.165) is 41.3 Å². The summed E-state index contributed by atoms with van der Waals surface area (Å²) >= 11 is 0. The molecule has 0 aliphatic heterocycles. The maximum Gasteiger partial charge on any atom is 0.118 e. The van der Waals surface area contributed by atoms with Crippen LogP contribution < -0.4 is 4.74 Å². The van der Waals surface area contributed by atoms with Crippen LogP contribution in [0.1, 0.15) is 82.6 Å². The third-order valence-corrected chi connectivity index (χ3v) is 7.97. The molecule has 0 saturated heterocycles. The van der Waals surface area contributed by atoms with Gasteiger partial charge in [0.15, 0.2) is 0 Å². The molecule has 1 nitrogen and oxygen atoms in total. The van der Waals surface area contributed by atoms with Gasteiger partial charge >= 0.3 is 0 Å². The summed E-state index contributed by atoms with van der Waals surface area (Å²) in [5, 5.41) is 0. The number of ether oxygens (including phenoxy) is 1. The van der Waals surface area contributed by atoms with Gasteiger partial charge in [0.05, 0.1) is 7.11 Å². The molecule has 4 unspecified atom stereocenters. The second-order valence-electron chi connectivity index (χ2n) is 9.40. The van der Waals surface area contributed by atoms with E-state index in [1.54, 1.807) is 19.1 Å². The van der Waals surface area contributed by atoms with Gasteiger partial charge in [-0.1, -0.05) is 31.9 Å². The van der Waals surface area contributed by atoms with Gasteiger partial charge in [0.25, 0.3) is 0 Å². The average Bonchev–Trinajstić information content (AvgIpc) is 2.68. The molecule has 0 spiro atoms. The highest BCUT2D eigenvalue weighted by atomic mass is 16.5. The van der Waals surface area contributed by atoms with E-state index in [2.05, 4.69) is 31.2 Å². The Labute approximate surface area is 154 Å². The highest BCUT2D eigenvalue weighted by Crippen LogP contribution is 2.50. The first-order chi connectivity index (χ1) is 12.2. The van der Waals surface area contributed by atoms with Crippen LogP contribution in [0.4, 0.5) is 0 Å². The van der Waals surface area contributed by atoms with Crippen molar-refractivity contribution < 1.29 is 4.74 Å². The molecule has 3 saturated carbocycles. The van der Waals surface area contributed by atoms with Crippen LogP contribution >= 0.6 is 0 Å². The summed E-state index contributed by atoms with van der Waals surface area (Å²) in [6.45, 7) is 2.45. The predicted octanol–water partition coefficient (Wildman–Crippen LogP) is 6.82. The van der Waals surface area contributed by atoms with Crippen molar-refractivity contribution in [1.29, 1.82) is 0 Å². The Balaban J connectivity index is 1.33. The summed E-state index contributed by atoms with van der Waals surface area (Å²) in [7, 11) is 1.76. The van der Waals surface area contributed by atoms with Crippen LogP contribution in [-0.4, -0.2) is 7.11 Å². The number of fused-ring (bicyclic) bond motifs is 1. The van der Waals surface area contributed by atoms with Crippen LogP contribution in [0.3, 0.4) is 0 Å². The molecule has 1 aromatic rings. The zero-order valence-corrected chi connectivity index (χ0v) is 16.3. The molecule has 138 valence electrons. The Kier molecular flexibility index (Phi) is 5.39. The first kappa shape index (κ1) is 17.4. The fraction of sp³-hybridized carbons (Fsp3) is 0.750. The molecule has 1 aromatic carbocycles. The fourth-order valence-corrected chi connectivity index (χ4v) is 6.29. The average molecular weight is 341 g/mol. The molecule has 4 atom stereocenters. The minimum absolute atomic E-state index is 0.791. The molecule has 0 bridgehead atoms. The molecule has 0 N–H and O–H groups in total. The molecule has 3 fully saturated rings. The summed E-state index contributed by atoms with van der Waals surface area (Å²) in [5.41, 5.74) is 1.54. The Morgan fingerprint density at radius 2 is 1.24 bits per heavy atom. The van der Waals surface area contributed by atoms with Gasteiger partial charge in [-0.15, -0.1) is 0 Å². The Hall–Kier alpha value is -0.980. The van der Waals surface area contributed by atoms with E-state index in [1.165, 1.54) is 57.8 Å². The minimum Gasteiger partial charge on any atom is -0.497 e. The monoisotopic (exact) mass is 340 g/mol. The van der Waals surface area contributed by atoms with Gasteiger partial charge in [0.1, 0.15) is 5.75 Å². The summed E-state index contributed by atoms with van der Waals surface area (Å²) in [6, 6.07) is 8.89. The molecular formula is C24H36O. The van der Waals surface area contributed by atoms with Crippen molar-refractivity contribution in [2.45, 2.75) is 77.0 Å². The van der Waals surface area contributed by atoms with Crippen molar-refractivity contribution in [3.8, 4) is 5.75 Å². The van der Waals surface area contributed by atoms with E-state index < -0.39 is 0 Å². The highest BCUT2D eigenvalue weighted by molar-refractivity contribution is 5.29. The van der Waals surface area contributed by atoms with Crippen molar-refractivity contribution in [3.63, 3.8) is 0 Å². The van der Waals surface area contributed by atoms with E-state index in [4.69, 9.17) is 4.74 Å². The predicted molar refractivity (Wildman–Crippen MR) is 105 cm³/mol. The normalized spacial score (nSPS) is 38.8. The van der Waals surface area contributed by atoms with Gasteiger partial charge in [-0.25, -0.2) is 0 Å². The largest absolute Gasteiger partial charge is 0.497 e. The van der Waals surface area contributed by atoms with Gasteiger partial charge in [-0.05, 0) is 105 Å². The second-order valence-corrected chi connectivity index (χ2v) is 9.40. The van der Waals surface area contributed by atoms with Crippen LogP contribution in [0, 0.1) is 29.6 Å². The van der Waals surface area contributed by atoms with E-state index in [-0.39, 0.29) is 0 Å². The van der Waals surface area contributed by atoms with Crippen molar-refractivity contribution >= 4 is 0 Å². The topological polar surface area (TPSA) is 9.23 Å². The molecule has 4 rings (SSSR count). The SMILES string of the molecule is COc1ccc(C2CCC3CC(C4CCC(C)CC4)CCC3C2)cc1. The van der Waals surface area contributed by atoms with Crippen LogP contribution in [-0.2, 0) is 0 Å².